The van der Waals surface area contributed by atoms with E-state index in [0.29, 0.717) is 22.1 Å². The van der Waals surface area contributed by atoms with Crippen LogP contribution >= 0.6 is 0 Å². The van der Waals surface area contributed by atoms with Gasteiger partial charge in [0, 0.05) is 25.0 Å². The Hall–Kier alpha value is -2.70. The number of benzene rings is 1. The zero-order valence-corrected chi connectivity index (χ0v) is 13.5. The van der Waals surface area contributed by atoms with Gasteiger partial charge in [0.15, 0.2) is 0 Å². The molecule has 0 radical (unpaired) electrons. The van der Waals surface area contributed by atoms with Crippen LogP contribution in [0.2, 0.25) is 0 Å². The number of carbonyl (C=O) groups excluding carboxylic acids is 1. The van der Waals surface area contributed by atoms with Crippen molar-refractivity contribution >= 4 is 16.9 Å². The first kappa shape index (κ1) is 16.7. The van der Waals surface area contributed by atoms with E-state index in [-0.39, 0.29) is 12.6 Å². The third kappa shape index (κ3) is 3.74. The van der Waals surface area contributed by atoms with E-state index < -0.39 is 17.7 Å². The van der Waals surface area contributed by atoms with E-state index >= 15 is 0 Å². The van der Waals surface area contributed by atoms with E-state index in [9.17, 15) is 14.7 Å². The molecule has 1 aromatic heterocycles. The molecule has 0 atom stereocenters. The molecule has 0 aliphatic carbocycles. The molecule has 0 bridgehead atoms. The van der Waals surface area contributed by atoms with Crippen LogP contribution in [0.3, 0.4) is 0 Å². The van der Waals surface area contributed by atoms with Crippen molar-refractivity contribution < 1.29 is 23.8 Å². The monoisotopic (exact) mass is 321 g/mol. The molecule has 0 aliphatic rings. The lowest BCUT2D eigenvalue weighted by molar-refractivity contribution is 0.0823. The second kappa shape index (κ2) is 6.60. The summed E-state index contributed by atoms with van der Waals surface area (Å²) in [7, 11) is 3.07. The molecule has 124 valence electrons. The maximum Gasteiger partial charge on any atom is 0.410 e. The Labute approximate surface area is 133 Å². The highest BCUT2D eigenvalue weighted by molar-refractivity contribution is 5.90. The van der Waals surface area contributed by atoms with Gasteiger partial charge >= 0.3 is 11.7 Å². The van der Waals surface area contributed by atoms with Crippen molar-refractivity contribution in [1.82, 2.24) is 4.90 Å². The highest BCUT2D eigenvalue weighted by Gasteiger charge is 2.17. The van der Waals surface area contributed by atoms with Crippen molar-refractivity contribution in [3.63, 3.8) is 0 Å². The summed E-state index contributed by atoms with van der Waals surface area (Å²) < 4.78 is 15.1. The van der Waals surface area contributed by atoms with Crippen molar-refractivity contribution in [2.24, 2.45) is 0 Å². The summed E-state index contributed by atoms with van der Waals surface area (Å²) >= 11 is 0. The van der Waals surface area contributed by atoms with E-state index in [1.165, 1.54) is 18.1 Å². The van der Waals surface area contributed by atoms with Crippen LogP contribution in [0.4, 0.5) is 4.79 Å². The van der Waals surface area contributed by atoms with Crippen LogP contribution in [0.5, 0.6) is 11.7 Å². The third-order valence-electron chi connectivity index (χ3n) is 3.20. The minimum absolute atomic E-state index is 0.153. The lowest BCUT2D eigenvalue weighted by Gasteiger charge is -2.20. The van der Waals surface area contributed by atoms with Gasteiger partial charge in [0.05, 0.1) is 18.6 Å². The lowest BCUT2D eigenvalue weighted by atomic mass is 10.1. The summed E-state index contributed by atoms with van der Waals surface area (Å²) in [6.07, 6.45) is -0.730. The zero-order valence-electron chi connectivity index (χ0n) is 13.5. The molecule has 7 heteroatoms. The fourth-order valence-corrected chi connectivity index (χ4v) is 2.23. The number of nitrogens with zero attached hydrogens (tertiary/aromatic N) is 1. The summed E-state index contributed by atoms with van der Waals surface area (Å²) in [6, 6.07) is 4.54. The molecule has 0 spiro atoms. The quantitative estimate of drug-likeness (QED) is 0.930. The lowest BCUT2D eigenvalue weighted by Crippen LogP contribution is -2.29. The SMILES string of the molecule is COc1cc(CN(C)C(=O)OC(C)C)c2c(O)oc(=O)cc2c1. The Kier molecular flexibility index (Phi) is 4.78. The first-order valence-electron chi connectivity index (χ1n) is 7.07. The molecule has 1 N–H and O–H groups in total. The predicted molar refractivity (Wildman–Crippen MR) is 83.8 cm³/mol. The van der Waals surface area contributed by atoms with Gasteiger partial charge in [-0.05, 0) is 31.5 Å². The van der Waals surface area contributed by atoms with Crippen molar-refractivity contribution in [2.75, 3.05) is 14.2 Å². The highest BCUT2D eigenvalue weighted by atomic mass is 16.6. The summed E-state index contributed by atoms with van der Waals surface area (Å²) in [5, 5.41) is 10.8. The molecule has 0 saturated heterocycles. The third-order valence-corrected chi connectivity index (χ3v) is 3.20. The van der Waals surface area contributed by atoms with Gasteiger partial charge in [0.1, 0.15) is 5.75 Å². The second-order valence-electron chi connectivity index (χ2n) is 5.41. The molecule has 0 saturated carbocycles. The van der Waals surface area contributed by atoms with Crippen molar-refractivity contribution in [1.29, 1.82) is 0 Å². The van der Waals surface area contributed by atoms with Gasteiger partial charge < -0.3 is 23.9 Å². The van der Waals surface area contributed by atoms with Crippen molar-refractivity contribution in [3.05, 3.63) is 34.2 Å². The standard InChI is InChI=1S/C16H19NO6/c1-9(2)22-16(20)17(3)8-11-6-12(21-4)5-10-7-13(18)23-15(19)14(10)11/h5-7,9,19H,8H2,1-4H3. The molecule has 1 aromatic carbocycles. The summed E-state index contributed by atoms with van der Waals surface area (Å²) in [4.78, 5) is 24.7. The number of amides is 1. The molecule has 0 fully saturated rings. The molecule has 0 unspecified atom stereocenters. The Bertz CT molecular complexity index is 780. The van der Waals surface area contributed by atoms with Gasteiger partial charge in [0.2, 0.25) is 0 Å². The van der Waals surface area contributed by atoms with Crippen LogP contribution in [0.25, 0.3) is 10.8 Å². The Morgan fingerprint density at radius 2 is 2.04 bits per heavy atom. The van der Waals surface area contributed by atoms with Crippen molar-refractivity contribution in [3.8, 4) is 11.7 Å². The second-order valence-corrected chi connectivity index (χ2v) is 5.41. The van der Waals surface area contributed by atoms with Gasteiger partial charge in [-0.15, -0.1) is 0 Å². The van der Waals surface area contributed by atoms with Crippen LogP contribution < -0.4 is 10.4 Å². The number of fused-ring (bicyclic) bond motifs is 1. The van der Waals surface area contributed by atoms with E-state index in [2.05, 4.69) is 0 Å². The number of ether oxygens (including phenoxy) is 2. The van der Waals surface area contributed by atoms with Crippen LogP contribution in [0, 0.1) is 0 Å². The van der Waals surface area contributed by atoms with Gasteiger partial charge in [-0.3, -0.25) is 0 Å². The number of aromatic hydroxyl groups is 1. The van der Waals surface area contributed by atoms with E-state index in [1.54, 1.807) is 33.0 Å². The number of carbonyl (C=O) groups is 1. The number of hydrogen-bond acceptors (Lipinski definition) is 6. The van der Waals surface area contributed by atoms with E-state index in [0.717, 1.165) is 0 Å². The fourth-order valence-electron chi connectivity index (χ4n) is 2.23. The normalized spacial score (nSPS) is 10.8. The first-order chi connectivity index (χ1) is 10.8. The van der Waals surface area contributed by atoms with Gasteiger partial charge in [0.25, 0.3) is 5.95 Å². The maximum atomic E-state index is 11.9. The fraction of sp³-hybridized carbons (Fsp3) is 0.375. The van der Waals surface area contributed by atoms with Crippen molar-refractivity contribution in [2.45, 2.75) is 26.5 Å². The molecule has 1 amide bonds. The van der Waals surface area contributed by atoms with Crippen LogP contribution in [-0.2, 0) is 11.3 Å². The smallest absolute Gasteiger partial charge is 0.410 e. The van der Waals surface area contributed by atoms with E-state index in [4.69, 9.17) is 13.9 Å². The maximum absolute atomic E-state index is 11.9. The summed E-state index contributed by atoms with van der Waals surface area (Å²) in [5.41, 5.74) is -0.0921. The highest BCUT2D eigenvalue weighted by Crippen LogP contribution is 2.31. The Morgan fingerprint density at radius 1 is 1.35 bits per heavy atom. The molecule has 0 aliphatic heterocycles. The van der Waals surface area contributed by atoms with Gasteiger partial charge in [-0.25, -0.2) is 9.59 Å². The molecule has 2 aromatic rings. The summed E-state index contributed by atoms with van der Waals surface area (Å²) in [6.45, 7) is 3.67. The zero-order chi connectivity index (χ0) is 17.1. The van der Waals surface area contributed by atoms with Crippen LogP contribution in [0.1, 0.15) is 19.4 Å². The minimum Gasteiger partial charge on any atom is -0.497 e. The Balaban J connectivity index is 2.46. The molecular weight excluding hydrogens is 302 g/mol. The summed E-state index contributed by atoms with van der Waals surface area (Å²) in [5.74, 6) is 0.0129. The number of rotatable bonds is 4. The Morgan fingerprint density at radius 3 is 2.65 bits per heavy atom. The molecule has 1 heterocycles. The molecule has 23 heavy (non-hydrogen) atoms. The van der Waals surface area contributed by atoms with E-state index in [1.807, 2.05) is 0 Å². The molecular formula is C16H19NO6. The topological polar surface area (TPSA) is 89.2 Å². The first-order valence-corrected chi connectivity index (χ1v) is 7.07. The average molecular weight is 321 g/mol. The van der Waals surface area contributed by atoms with Gasteiger partial charge in [-0.1, -0.05) is 0 Å². The largest absolute Gasteiger partial charge is 0.497 e. The number of methoxy groups -OCH3 is 1. The minimum atomic E-state index is -0.665. The van der Waals surface area contributed by atoms with Crippen LogP contribution in [-0.4, -0.2) is 36.4 Å². The number of hydrogen-bond donors (Lipinski definition) is 1. The predicted octanol–water partition coefficient (Wildman–Crippen LogP) is 2.48. The van der Waals surface area contributed by atoms with Crippen LogP contribution in [0.15, 0.2) is 27.4 Å². The molecule has 7 nitrogen and oxygen atoms in total. The van der Waals surface area contributed by atoms with Gasteiger partial charge in [-0.2, -0.15) is 0 Å². The molecule has 2 rings (SSSR count). The average Bonchev–Trinajstić information content (AvgIpc) is 2.45.